The average molecular weight is 438 g/mol. The van der Waals surface area contributed by atoms with Crippen molar-refractivity contribution in [2.24, 2.45) is 0 Å². The molecule has 0 radical (unpaired) electrons. The molecular weight excluding hydrogens is 409 g/mol. The first kappa shape index (κ1) is 22.0. The van der Waals surface area contributed by atoms with Crippen molar-refractivity contribution in [3.8, 4) is 11.5 Å². The molecule has 1 N–H and O–H groups in total. The number of ether oxygens (including phenoxy) is 2. The highest BCUT2D eigenvalue weighted by molar-refractivity contribution is 5.58. The monoisotopic (exact) mass is 437 g/mol. The van der Waals surface area contributed by atoms with Crippen LogP contribution in [0.5, 0.6) is 11.5 Å². The molecule has 1 atom stereocenters. The van der Waals surface area contributed by atoms with E-state index in [-0.39, 0.29) is 5.82 Å². The lowest BCUT2D eigenvalue weighted by Gasteiger charge is -2.37. The summed E-state index contributed by atoms with van der Waals surface area (Å²) in [6, 6.07) is 14.3. The van der Waals surface area contributed by atoms with Crippen LogP contribution in [0.1, 0.15) is 22.8 Å². The quantitative estimate of drug-likeness (QED) is 0.609. The van der Waals surface area contributed by atoms with Gasteiger partial charge in [-0.1, -0.05) is 24.3 Å². The summed E-state index contributed by atoms with van der Waals surface area (Å²) in [5, 5.41) is 10.9. The summed E-state index contributed by atoms with van der Waals surface area (Å²) in [5.74, 6) is 1.23. The van der Waals surface area contributed by atoms with E-state index in [9.17, 15) is 9.50 Å². The van der Waals surface area contributed by atoms with Crippen molar-refractivity contribution in [1.29, 1.82) is 0 Å². The second kappa shape index (κ2) is 9.97. The maximum Gasteiger partial charge on any atom is 0.146 e. The predicted molar refractivity (Wildman–Crippen MR) is 122 cm³/mol. The zero-order chi connectivity index (χ0) is 22.5. The van der Waals surface area contributed by atoms with E-state index in [0.29, 0.717) is 29.9 Å². The number of halogens is 1. The van der Waals surface area contributed by atoms with Gasteiger partial charge in [-0.3, -0.25) is 9.88 Å². The van der Waals surface area contributed by atoms with E-state index in [1.165, 1.54) is 6.07 Å². The number of aliphatic hydroxyl groups excluding tert-OH is 1. The second-order valence-electron chi connectivity index (χ2n) is 7.81. The third-order valence-corrected chi connectivity index (χ3v) is 5.89. The first-order valence-corrected chi connectivity index (χ1v) is 10.7. The van der Waals surface area contributed by atoms with Crippen molar-refractivity contribution in [2.45, 2.75) is 12.6 Å². The number of benzene rings is 2. The predicted octanol–water partition coefficient (Wildman–Crippen LogP) is 3.64. The summed E-state index contributed by atoms with van der Waals surface area (Å²) in [4.78, 5) is 8.42. The van der Waals surface area contributed by atoms with Crippen molar-refractivity contribution in [3.05, 3.63) is 83.4 Å². The molecule has 1 aromatic heterocycles. The van der Waals surface area contributed by atoms with Gasteiger partial charge in [-0.15, -0.1) is 0 Å². The Morgan fingerprint density at radius 3 is 2.53 bits per heavy atom. The lowest BCUT2D eigenvalue weighted by Crippen LogP contribution is -2.46. The summed E-state index contributed by atoms with van der Waals surface area (Å²) in [5.41, 5.74) is 2.75. The Balaban J connectivity index is 1.48. The van der Waals surface area contributed by atoms with Gasteiger partial charge in [0.25, 0.3) is 0 Å². The minimum atomic E-state index is -0.934. The molecule has 1 unspecified atom stereocenters. The van der Waals surface area contributed by atoms with Gasteiger partial charge in [0.1, 0.15) is 23.4 Å². The molecule has 0 saturated carbocycles. The Bertz CT molecular complexity index is 1040. The molecule has 1 aliphatic rings. The fourth-order valence-corrected chi connectivity index (χ4v) is 4.16. The summed E-state index contributed by atoms with van der Waals surface area (Å²) >= 11 is 0. The molecule has 32 heavy (non-hydrogen) atoms. The van der Waals surface area contributed by atoms with Crippen LogP contribution in [0, 0.1) is 5.82 Å². The van der Waals surface area contributed by atoms with Crippen LogP contribution in [-0.4, -0.2) is 55.4 Å². The number of pyridine rings is 1. The topological polar surface area (TPSA) is 58.1 Å². The molecule has 0 aliphatic carbocycles. The first-order chi connectivity index (χ1) is 15.6. The molecule has 2 heterocycles. The molecule has 0 amide bonds. The van der Waals surface area contributed by atoms with E-state index in [4.69, 9.17) is 9.47 Å². The van der Waals surface area contributed by atoms with Gasteiger partial charge >= 0.3 is 0 Å². The van der Waals surface area contributed by atoms with Gasteiger partial charge in [-0.25, -0.2) is 4.39 Å². The molecule has 6 nitrogen and oxygen atoms in total. The molecule has 1 fully saturated rings. The molecule has 4 rings (SSSR count). The fraction of sp³-hybridized carbons (Fsp3) is 0.320. The van der Waals surface area contributed by atoms with Gasteiger partial charge in [0.15, 0.2) is 0 Å². The highest BCUT2D eigenvalue weighted by Crippen LogP contribution is 2.34. The van der Waals surface area contributed by atoms with Crippen molar-refractivity contribution < 1.29 is 19.0 Å². The molecule has 2 aromatic carbocycles. The number of hydrogen-bond donors (Lipinski definition) is 1. The van der Waals surface area contributed by atoms with Crippen LogP contribution in [-0.2, 0) is 6.54 Å². The van der Waals surface area contributed by atoms with Crippen molar-refractivity contribution in [2.75, 3.05) is 45.3 Å². The number of rotatable bonds is 7. The maximum absolute atomic E-state index is 14.9. The first-order valence-electron chi connectivity index (χ1n) is 10.7. The largest absolute Gasteiger partial charge is 0.497 e. The standard InChI is InChI=1S/C25H28FN3O3/c1-31-20-9-8-19(23(15-20)32-2)17-28-11-13-29(14-12-28)24-21(6-3-7-22(24)26)25(30)18-5-4-10-27-16-18/h3-10,15-16,25,30H,11-14,17H2,1-2H3. The van der Waals surface area contributed by atoms with E-state index in [0.717, 1.165) is 36.7 Å². The highest BCUT2D eigenvalue weighted by atomic mass is 19.1. The fourth-order valence-electron chi connectivity index (χ4n) is 4.16. The van der Waals surface area contributed by atoms with Crippen LogP contribution in [0.15, 0.2) is 60.9 Å². The summed E-state index contributed by atoms with van der Waals surface area (Å²) in [7, 11) is 3.29. The molecule has 0 bridgehead atoms. The second-order valence-corrected chi connectivity index (χ2v) is 7.81. The molecule has 1 aliphatic heterocycles. The van der Waals surface area contributed by atoms with Crippen LogP contribution in [0.2, 0.25) is 0 Å². The number of piperazine rings is 1. The minimum Gasteiger partial charge on any atom is -0.497 e. The molecule has 7 heteroatoms. The molecule has 3 aromatic rings. The molecular formula is C25H28FN3O3. The van der Waals surface area contributed by atoms with Crippen molar-refractivity contribution >= 4 is 5.69 Å². The highest BCUT2D eigenvalue weighted by Gasteiger charge is 2.25. The van der Waals surface area contributed by atoms with Crippen LogP contribution in [0.3, 0.4) is 0 Å². The maximum atomic E-state index is 14.9. The van der Waals surface area contributed by atoms with E-state index >= 15 is 0 Å². The van der Waals surface area contributed by atoms with Crippen LogP contribution in [0.25, 0.3) is 0 Å². The number of anilines is 1. The number of aliphatic hydroxyl groups is 1. The number of aromatic nitrogens is 1. The Hall–Kier alpha value is -3.16. The summed E-state index contributed by atoms with van der Waals surface area (Å²) in [6.45, 7) is 3.60. The van der Waals surface area contributed by atoms with Gasteiger partial charge in [0, 0.05) is 67.9 Å². The minimum absolute atomic E-state index is 0.323. The Morgan fingerprint density at radius 1 is 1.03 bits per heavy atom. The van der Waals surface area contributed by atoms with Crippen molar-refractivity contribution in [3.63, 3.8) is 0 Å². The Morgan fingerprint density at radius 2 is 1.84 bits per heavy atom. The van der Waals surface area contributed by atoms with Crippen LogP contribution >= 0.6 is 0 Å². The van der Waals surface area contributed by atoms with E-state index in [2.05, 4.69) is 9.88 Å². The SMILES string of the molecule is COc1ccc(CN2CCN(c3c(F)cccc3C(O)c3cccnc3)CC2)c(OC)c1. The van der Waals surface area contributed by atoms with Gasteiger partial charge in [0.2, 0.25) is 0 Å². The third kappa shape index (κ3) is 4.69. The number of para-hydroxylation sites is 1. The lowest BCUT2D eigenvalue weighted by molar-refractivity contribution is 0.217. The van der Waals surface area contributed by atoms with Gasteiger partial charge in [-0.05, 0) is 18.2 Å². The lowest BCUT2D eigenvalue weighted by atomic mass is 9.99. The van der Waals surface area contributed by atoms with Crippen LogP contribution < -0.4 is 14.4 Å². The average Bonchev–Trinajstić information content (AvgIpc) is 2.85. The van der Waals surface area contributed by atoms with E-state index < -0.39 is 6.10 Å². The third-order valence-electron chi connectivity index (χ3n) is 5.89. The summed E-state index contributed by atoms with van der Waals surface area (Å²) < 4.78 is 25.7. The molecule has 0 spiro atoms. The molecule has 1 saturated heterocycles. The van der Waals surface area contributed by atoms with E-state index in [1.54, 1.807) is 50.9 Å². The Kier molecular flexibility index (Phi) is 6.87. The Labute approximate surface area is 187 Å². The number of hydrogen-bond acceptors (Lipinski definition) is 6. The van der Waals surface area contributed by atoms with Gasteiger partial charge in [0.05, 0.1) is 19.9 Å². The zero-order valence-corrected chi connectivity index (χ0v) is 18.4. The van der Waals surface area contributed by atoms with Gasteiger partial charge < -0.3 is 19.5 Å². The summed E-state index contributed by atoms with van der Waals surface area (Å²) in [6.07, 6.45) is 2.33. The number of nitrogens with zero attached hydrogens (tertiary/aromatic N) is 3. The molecule has 168 valence electrons. The normalized spacial score (nSPS) is 15.4. The number of methoxy groups -OCH3 is 2. The van der Waals surface area contributed by atoms with Crippen LogP contribution in [0.4, 0.5) is 10.1 Å². The van der Waals surface area contributed by atoms with E-state index in [1.807, 2.05) is 23.1 Å². The van der Waals surface area contributed by atoms with Gasteiger partial charge in [-0.2, -0.15) is 0 Å². The van der Waals surface area contributed by atoms with Crippen molar-refractivity contribution in [1.82, 2.24) is 9.88 Å². The smallest absolute Gasteiger partial charge is 0.146 e. The zero-order valence-electron chi connectivity index (χ0n) is 18.4.